The zero-order valence-electron chi connectivity index (χ0n) is 17.3. The topological polar surface area (TPSA) is 55.1 Å². The highest BCUT2D eigenvalue weighted by atomic mass is 16.2. The molecule has 0 spiro atoms. The summed E-state index contributed by atoms with van der Waals surface area (Å²) in [6.45, 7) is 6.73. The first kappa shape index (κ1) is 19.3. The van der Waals surface area contributed by atoms with Gasteiger partial charge >= 0.3 is 0 Å². The van der Waals surface area contributed by atoms with E-state index in [1.807, 2.05) is 27.0 Å². The number of aryl methyl sites for hydroxylation is 2. The van der Waals surface area contributed by atoms with E-state index in [1.54, 1.807) is 4.68 Å². The number of anilines is 1. The van der Waals surface area contributed by atoms with E-state index in [4.69, 9.17) is 0 Å². The summed E-state index contributed by atoms with van der Waals surface area (Å²) in [7, 11) is 1.84. The number of carbonyl (C=O) groups excluding carboxylic acids is 1. The zero-order chi connectivity index (χ0) is 20.4. The normalized spacial score (nSPS) is 16.7. The monoisotopic (exact) mass is 389 g/mol. The molecule has 1 saturated heterocycles. The molecule has 1 amide bonds. The Labute approximate surface area is 171 Å². The summed E-state index contributed by atoms with van der Waals surface area (Å²) in [5, 5.41) is 8.54. The molecule has 150 valence electrons. The number of nitrogens with one attached hydrogen (secondary N) is 1. The molecule has 1 aromatic carbocycles. The molecule has 4 rings (SSSR count). The second-order valence-electron chi connectivity index (χ2n) is 7.72. The maximum Gasteiger partial charge on any atom is 0.239 e. The van der Waals surface area contributed by atoms with E-state index in [2.05, 4.69) is 62.2 Å². The quantitative estimate of drug-likeness (QED) is 0.682. The van der Waals surface area contributed by atoms with Gasteiger partial charge in [0, 0.05) is 36.8 Å². The first-order valence-corrected chi connectivity index (χ1v) is 10.1. The highest BCUT2D eigenvalue weighted by Gasteiger charge is 2.27. The van der Waals surface area contributed by atoms with E-state index in [1.165, 1.54) is 16.5 Å². The lowest BCUT2D eigenvalue weighted by Crippen LogP contribution is -2.31. The Bertz CT molecular complexity index is 1100. The van der Waals surface area contributed by atoms with Crippen molar-refractivity contribution in [3.05, 3.63) is 47.8 Å². The number of nitrogens with zero attached hydrogens (tertiary/aromatic N) is 4. The minimum absolute atomic E-state index is 0.00861. The Morgan fingerprint density at radius 2 is 2.17 bits per heavy atom. The molecule has 0 aliphatic carbocycles. The number of amides is 1. The first-order chi connectivity index (χ1) is 14.0. The maximum absolute atomic E-state index is 12.5. The molecule has 6 heteroatoms. The standard InChI is InChI=1S/C23H27N5O/c1-4-5-11-28-15-20(19-8-6-7-9-21(19)28)18-10-12-27(14-18)16-23(29)24-22-13-17(2)25-26(22)3/h6-9,13,15,18H,10-12,14,16H2,1-3H3,(H,24,29). The van der Waals surface area contributed by atoms with Gasteiger partial charge in [-0.1, -0.05) is 24.1 Å². The summed E-state index contributed by atoms with van der Waals surface area (Å²) in [5.41, 5.74) is 3.49. The molecule has 1 aliphatic heterocycles. The summed E-state index contributed by atoms with van der Waals surface area (Å²) in [5.74, 6) is 7.33. The van der Waals surface area contributed by atoms with Crippen molar-refractivity contribution in [3.8, 4) is 11.8 Å². The minimum atomic E-state index is 0.00861. The molecule has 0 bridgehead atoms. The molecule has 1 aliphatic rings. The predicted octanol–water partition coefficient (Wildman–Crippen LogP) is 3.13. The van der Waals surface area contributed by atoms with Gasteiger partial charge in [0.05, 0.1) is 18.8 Å². The van der Waals surface area contributed by atoms with Gasteiger partial charge in [0.1, 0.15) is 5.82 Å². The van der Waals surface area contributed by atoms with Crippen molar-refractivity contribution in [2.75, 3.05) is 25.0 Å². The Kier molecular flexibility index (Phi) is 5.41. The second kappa shape index (κ2) is 8.14. The third kappa shape index (κ3) is 4.06. The SMILES string of the molecule is CC#CCn1cc(C2CCN(CC(=O)Nc3cc(C)nn3C)C2)c2ccccc21. The van der Waals surface area contributed by atoms with Crippen LogP contribution in [0.2, 0.25) is 0 Å². The van der Waals surface area contributed by atoms with Crippen LogP contribution < -0.4 is 5.32 Å². The van der Waals surface area contributed by atoms with Crippen LogP contribution >= 0.6 is 0 Å². The first-order valence-electron chi connectivity index (χ1n) is 10.1. The fourth-order valence-corrected chi connectivity index (χ4v) is 4.24. The molecule has 1 fully saturated rings. The zero-order valence-corrected chi connectivity index (χ0v) is 17.3. The van der Waals surface area contributed by atoms with Crippen molar-refractivity contribution >= 4 is 22.6 Å². The minimum Gasteiger partial charge on any atom is -0.336 e. The lowest BCUT2D eigenvalue weighted by molar-refractivity contribution is -0.117. The van der Waals surface area contributed by atoms with E-state index >= 15 is 0 Å². The number of hydrogen-bond acceptors (Lipinski definition) is 3. The number of benzene rings is 1. The Morgan fingerprint density at radius 3 is 2.93 bits per heavy atom. The summed E-state index contributed by atoms with van der Waals surface area (Å²) < 4.78 is 3.94. The molecule has 3 aromatic rings. The number of carbonyl (C=O) groups is 1. The fourth-order valence-electron chi connectivity index (χ4n) is 4.24. The van der Waals surface area contributed by atoms with Crippen LogP contribution in [0.4, 0.5) is 5.82 Å². The van der Waals surface area contributed by atoms with E-state index in [-0.39, 0.29) is 5.91 Å². The molecule has 29 heavy (non-hydrogen) atoms. The molecule has 2 aromatic heterocycles. The molecule has 3 heterocycles. The summed E-state index contributed by atoms with van der Waals surface area (Å²) in [6.07, 6.45) is 3.31. The van der Waals surface area contributed by atoms with Crippen LogP contribution in [0.25, 0.3) is 10.9 Å². The van der Waals surface area contributed by atoms with Crippen LogP contribution in [-0.2, 0) is 18.4 Å². The van der Waals surface area contributed by atoms with Gasteiger partial charge in [0.2, 0.25) is 5.91 Å². The largest absolute Gasteiger partial charge is 0.336 e. The van der Waals surface area contributed by atoms with E-state index < -0.39 is 0 Å². The molecular weight excluding hydrogens is 362 g/mol. The Morgan fingerprint density at radius 1 is 1.34 bits per heavy atom. The van der Waals surface area contributed by atoms with Gasteiger partial charge in [-0.25, -0.2) is 0 Å². The van der Waals surface area contributed by atoms with Crippen LogP contribution in [0.15, 0.2) is 36.5 Å². The van der Waals surface area contributed by atoms with Gasteiger partial charge in [0.25, 0.3) is 0 Å². The lowest BCUT2D eigenvalue weighted by Gasteiger charge is -2.15. The van der Waals surface area contributed by atoms with Crippen molar-refractivity contribution in [1.29, 1.82) is 0 Å². The number of hydrogen-bond donors (Lipinski definition) is 1. The lowest BCUT2D eigenvalue weighted by atomic mass is 9.98. The average Bonchev–Trinajstić information content (AvgIpc) is 3.38. The van der Waals surface area contributed by atoms with Crippen molar-refractivity contribution < 1.29 is 4.79 Å². The molecule has 6 nitrogen and oxygen atoms in total. The molecular formula is C23H27N5O. The molecule has 0 radical (unpaired) electrons. The van der Waals surface area contributed by atoms with Crippen LogP contribution in [0.5, 0.6) is 0 Å². The van der Waals surface area contributed by atoms with Gasteiger partial charge in [-0.3, -0.25) is 14.4 Å². The van der Waals surface area contributed by atoms with Crippen LogP contribution in [0.3, 0.4) is 0 Å². The average molecular weight is 390 g/mol. The van der Waals surface area contributed by atoms with Crippen molar-refractivity contribution in [1.82, 2.24) is 19.2 Å². The number of aromatic nitrogens is 3. The van der Waals surface area contributed by atoms with Crippen LogP contribution in [-0.4, -0.2) is 44.8 Å². The molecule has 0 saturated carbocycles. The smallest absolute Gasteiger partial charge is 0.239 e. The van der Waals surface area contributed by atoms with Gasteiger partial charge in [-0.15, -0.1) is 5.92 Å². The fraction of sp³-hybridized carbons (Fsp3) is 0.391. The molecule has 1 unspecified atom stereocenters. The van der Waals surface area contributed by atoms with E-state index in [0.29, 0.717) is 19.0 Å². The number of rotatable bonds is 5. The highest BCUT2D eigenvalue weighted by Crippen LogP contribution is 2.33. The van der Waals surface area contributed by atoms with Crippen molar-refractivity contribution in [2.24, 2.45) is 7.05 Å². The van der Waals surface area contributed by atoms with E-state index in [0.717, 1.165) is 31.0 Å². The van der Waals surface area contributed by atoms with Crippen LogP contribution in [0, 0.1) is 18.8 Å². The second-order valence-corrected chi connectivity index (χ2v) is 7.72. The predicted molar refractivity (Wildman–Crippen MR) is 116 cm³/mol. The summed E-state index contributed by atoms with van der Waals surface area (Å²) in [4.78, 5) is 14.7. The Balaban J connectivity index is 1.45. The number of likely N-dealkylation sites (tertiary alicyclic amines) is 1. The van der Waals surface area contributed by atoms with Crippen molar-refractivity contribution in [3.63, 3.8) is 0 Å². The van der Waals surface area contributed by atoms with Crippen LogP contribution in [0.1, 0.15) is 30.5 Å². The summed E-state index contributed by atoms with van der Waals surface area (Å²) >= 11 is 0. The van der Waals surface area contributed by atoms with Gasteiger partial charge in [0.15, 0.2) is 0 Å². The van der Waals surface area contributed by atoms with Gasteiger partial charge in [-0.05, 0) is 44.4 Å². The number of para-hydroxylation sites is 1. The molecule has 1 atom stereocenters. The van der Waals surface area contributed by atoms with Crippen molar-refractivity contribution in [2.45, 2.75) is 32.7 Å². The molecule has 1 N–H and O–H groups in total. The Hall–Kier alpha value is -3.04. The highest BCUT2D eigenvalue weighted by molar-refractivity contribution is 5.91. The maximum atomic E-state index is 12.5. The number of fused-ring (bicyclic) bond motifs is 1. The summed E-state index contributed by atoms with van der Waals surface area (Å²) in [6, 6.07) is 10.4. The third-order valence-electron chi connectivity index (χ3n) is 5.59. The van der Waals surface area contributed by atoms with Gasteiger partial charge in [-0.2, -0.15) is 5.10 Å². The van der Waals surface area contributed by atoms with E-state index in [9.17, 15) is 4.79 Å². The third-order valence-corrected chi connectivity index (χ3v) is 5.59. The van der Waals surface area contributed by atoms with Gasteiger partial charge < -0.3 is 9.88 Å².